The van der Waals surface area contributed by atoms with E-state index in [1.165, 1.54) is 0 Å². The second kappa shape index (κ2) is 4.87. The minimum atomic E-state index is 0.240. The third kappa shape index (κ3) is 2.46. The molecule has 0 saturated heterocycles. The number of Topliss-reactive ketones (excluding diaryl/α,β-unsaturated/α-hetero) is 1. The SMILES string of the molecule is CC1COc2cc3c(cc2OC1)C(=O)CC(C)CC3. The van der Waals surface area contributed by atoms with Gasteiger partial charge < -0.3 is 9.47 Å². The highest BCUT2D eigenvalue weighted by atomic mass is 16.5. The van der Waals surface area contributed by atoms with Gasteiger partial charge in [-0.3, -0.25) is 4.79 Å². The highest BCUT2D eigenvalue weighted by Gasteiger charge is 2.24. The van der Waals surface area contributed by atoms with E-state index in [0.29, 0.717) is 31.5 Å². The summed E-state index contributed by atoms with van der Waals surface area (Å²) in [6.45, 7) is 5.57. The van der Waals surface area contributed by atoms with Crippen molar-refractivity contribution >= 4 is 5.78 Å². The Kier molecular flexibility index (Phi) is 3.21. The maximum absolute atomic E-state index is 12.3. The van der Waals surface area contributed by atoms with E-state index in [1.54, 1.807) is 0 Å². The summed E-state index contributed by atoms with van der Waals surface area (Å²) in [6.07, 6.45) is 2.66. The Balaban J connectivity index is 2.00. The first-order valence-electron chi connectivity index (χ1n) is 7.09. The molecule has 0 fully saturated rings. The first-order chi connectivity index (χ1) is 9.13. The average Bonchev–Trinajstić information content (AvgIpc) is 2.64. The lowest BCUT2D eigenvalue weighted by atomic mass is 10.0. The third-order valence-corrected chi connectivity index (χ3v) is 3.96. The molecule has 2 unspecified atom stereocenters. The molecule has 0 saturated carbocycles. The van der Waals surface area contributed by atoms with Gasteiger partial charge in [0.25, 0.3) is 0 Å². The Morgan fingerprint density at radius 1 is 1.05 bits per heavy atom. The van der Waals surface area contributed by atoms with E-state index in [-0.39, 0.29) is 5.78 Å². The molecule has 102 valence electrons. The van der Waals surface area contributed by atoms with Crippen molar-refractivity contribution in [3.8, 4) is 11.5 Å². The quantitative estimate of drug-likeness (QED) is 0.672. The number of hydrogen-bond acceptors (Lipinski definition) is 3. The number of rotatable bonds is 0. The molecule has 3 heteroatoms. The van der Waals surface area contributed by atoms with Gasteiger partial charge in [-0.2, -0.15) is 0 Å². The summed E-state index contributed by atoms with van der Waals surface area (Å²) < 4.78 is 11.6. The van der Waals surface area contributed by atoms with E-state index < -0.39 is 0 Å². The molecule has 1 aromatic carbocycles. The smallest absolute Gasteiger partial charge is 0.163 e. The fourth-order valence-corrected chi connectivity index (χ4v) is 2.74. The molecular formula is C16H20O3. The van der Waals surface area contributed by atoms with Crippen molar-refractivity contribution in [1.29, 1.82) is 0 Å². The van der Waals surface area contributed by atoms with Crippen LogP contribution in [0, 0.1) is 11.8 Å². The number of benzene rings is 1. The molecule has 3 rings (SSSR count). The highest BCUT2D eigenvalue weighted by molar-refractivity contribution is 5.98. The molecule has 0 amide bonds. The molecule has 1 aliphatic heterocycles. The van der Waals surface area contributed by atoms with Crippen LogP contribution < -0.4 is 9.47 Å². The third-order valence-electron chi connectivity index (χ3n) is 3.96. The van der Waals surface area contributed by atoms with Crippen molar-refractivity contribution in [2.45, 2.75) is 33.1 Å². The zero-order chi connectivity index (χ0) is 13.4. The fourth-order valence-electron chi connectivity index (χ4n) is 2.74. The number of carbonyl (C=O) groups excluding carboxylic acids is 1. The fraction of sp³-hybridized carbons (Fsp3) is 0.562. The van der Waals surface area contributed by atoms with Gasteiger partial charge in [0.05, 0.1) is 13.2 Å². The summed E-state index contributed by atoms with van der Waals surface area (Å²) in [6, 6.07) is 3.90. The minimum absolute atomic E-state index is 0.240. The molecule has 1 aliphatic carbocycles. The first kappa shape index (κ1) is 12.5. The van der Waals surface area contributed by atoms with Crippen molar-refractivity contribution in [2.75, 3.05) is 13.2 Å². The van der Waals surface area contributed by atoms with Gasteiger partial charge in [0, 0.05) is 17.9 Å². The summed E-state index contributed by atoms with van der Waals surface area (Å²) >= 11 is 0. The molecule has 0 spiro atoms. The molecule has 19 heavy (non-hydrogen) atoms. The van der Waals surface area contributed by atoms with Crippen molar-refractivity contribution in [2.24, 2.45) is 11.8 Å². The summed E-state index contributed by atoms with van der Waals surface area (Å²) in [5.41, 5.74) is 1.95. The zero-order valence-electron chi connectivity index (χ0n) is 11.6. The van der Waals surface area contributed by atoms with Crippen molar-refractivity contribution in [3.63, 3.8) is 0 Å². The Morgan fingerprint density at radius 3 is 2.47 bits per heavy atom. The van der Waals surface area contributed by atoms with Crippen LogP contribution >= 0.6 is 0 Å². The van der Waals surface area contributed by atoms with E-state index in [2.05, 4.69) is 13.8 Å². The average molecular weight is 260 g/mol. The largest absolute Gasteiger partial charge is 0.489 e. The normalized spacial score (nSPS) is 26.3. The first-order valence-corrected chi connectivity index (χ1v) is 7.09. The van der Waals surface area contributed by atoms with E-state index in [1.807, 2.05) is 12.1 Å². The Labute approximate surface area is 113 Å². The summed E-state index contributed by atoms with van der Waals surface area (Å²) in [7, 11) is 0. The number of ether oxygens (including phenoxy) is 2. The topological polar surface area (TPSA) is 35.5 Å². The molecule has 2 atom stereocenters. The lowest BCUT2D eigenvalue weighted by molar-refractivity contribution is 0.0966. The highest BCUT2D eigenvalue weighted by Crippen LogP contribution is 2.36. The molecule has 0 N–H and O–H groups in total. The summed E-state index contributed by atoms with van der Waals surface area (Å²) in [5, 5.41) is 0. The number of carbonyl (C=O) groups is 1. The van der Waals surface area contributed by atoms with Crippen LogP contribution in [-0.4, -0.2) is 19.0 Å². The van der Waals surface area contributed by atoms with Crippen LogP contribution in [0.15, 0.2) is 12.1 Å². The summed E-state index contributed by atoms with van der Waals surface area (Å²) in [4.78, 5) is 12.3. The van der Waals surface area contributed by atoms with Crippen LogP contribution in [0.3, 0.4) is 0 Å². The molecule has 0 bridgehead atoms. The van der Waals surface area contributed by atoms with Crippen LogP contribution in [0.25, 0.3) is 0 Å². The lowest BCUT2D eigenvalue weighted by Crippen LogP contribution is -2.12. The number of hydrogen-bond donors (Lipinski definition) is 0. The van der Waals surface area contributed by atoms with Crippen molar-refractivity contribution < 1.29 is 14.3 Å². The Morgan fingerprint density at radius 2 is 1.74 bits per heavy atom. The molecule has 3 nitrogen and oxygen atoms in total. The van der Waals surface area contributed by atoms with Gasteiger partial charge in [-0.25, -0.2) is 0 Å². The molecule has 1 heterocycles. The Hall–Kier alpha value is -1.51. The van der Waals surface area contributed by atoms with Crippen molar-refractivity contribution in [3.05, 3.63) is 23.3 Å². The van der Waals surface area contributed by atoms with E-state index in [0.717, 1.165) is 35.5 Å². The maximum atomic E-state index is 12.3. The van der Waals surface area contributed by atoms with Gasteiger partial charge in [0.1, 0.15) is 0 Å². The molecule has 0 radical (unpaired) electrons. The Bertz CT molecular complexity index is 507. The second-order valence-corrected chi connectivity index (χ2v) is 5.95. The standard InChI is InChI=1S/C16H20O3/c1-10-3-4-12-6-15-16(7-13(12)14(17)5-10)19-9-11(2)8-18-15/h6-7,10-11H,3-5,8-9H2,1-2H3. The van der Waals surface area contributed by atoms with Gasteiger partial charge in [-0.15, -0.1) is 0 Å². The van der Waals surface area contributed by atoms with E-state index >= 15 is 0 Å². The van der Waals surface area contributed by atoms with Gasteiger partial charge in [-0.05, 0) is 36.5 Å². The second-order valence-electron chi connectivity index (χ2n) is 5.95. The van der Waals surface area contributed by atoms with Gasteiger partial charge in [0.2, 0.25) is 0 Å². The number of ketones is 1. The number of fused-ring (bicyclic) bond motifs is 2. The van der Waals surface area contributed by atoms with Gasteiger partial charge in [0.15, 0.2) is 17.3 Å². The molecule has 1 aromatic rings. The van der Waals surface area contributed by atoms with E-state index in [9.17, 15) is 4.79 Å². The van der Waals surface area contributed by atoms with Crippen LogP contribution in [0.5, 0.6) is 11.5 Å². The lowest BCUT2D eigenvalue weighted by Gasteiger charge is -2.11. The van der Waals surface area contributed by atoms with Crippen molar-refractivity contribution in [1.82, 2.24) is 0 Å². The van der Waals surface area contributed by atoms with E-state index in [4.69, 9.17) is 9.47 Å². The van der Waals surface area contributed by atoms with Crippen LogP contribution in [0.4, 0.5) is 0 Å². The molecule has 2 aliphatic rings. The zero-order valence-corrected chi connectivity index (χ0v) is 11.6. The summed E-state index contributed by atoms with van der Waals surface area (Å²) in [5.74, 6) is 2.60. The maximum Gasteiger partial charge on any atom is 0.163 e. The predicted octanol–water partition coefficient (Wildman–Crippen LogP) is 3.25. The number of aryl methyl sites for hydroxylation is 1. The van der Waals surface area contributed by atoms with Crippen LogP contribution in [0.2, 0.25) is 0 Å². The monoisotopic (exact) mass is 260 g/mol. The predicted molar refractivity (Wildman–Crippen MR) is 73.0 cm³/mol. The van der Waals surface area contributed by atoms with Gasteiger partial charge >= 0.3 is 0 Å². The van der Waals surface area contributed by atoms with Crippen LogP contribution in [-0.2, 0) is 6.42 Å². The van der Waals surface area contributed by atoms with Gasteiger partial charge in [-0.1, -0.05) is 13.8 Å². The van der Waals surface area contributed by atoms with Crippen LogP contribution in [0.1, 0.15) is 42.6 Å². The molecular weight excluding hydrogens is 240 g/mol. The minimum Gasteiger partial charge on any atom is -0.489 e. The molecule has 0 aromatic heterocycles.